The Bertz CT molecular complexity index is 1040. The van der Waals surface area contributed by atoms with Gasteiger partial charge in [-0.25, -0.2) is 19.0 Å². The van der Waals surface area contributed by atoms with Crippen molar-refractivity contribution in [2.24, 2.45) is 0 Å². The molecule has 0 spiro atoms. The van der Waals surface area contributed by atoms with Gasteiger partial charge in [0.1, 0.15) is 18.5 Å². The third-order valence-corrected chi connectivity index (χ3v) is 4.79. The molecule has 0 saturated carbocycles. The Balaban J connectivity index is 1.41. The van der Waals surface area contributed by atoms with Gasteiger partial charge in [0.2, 0.25) is 0 Å². The first kappa shape index (κ1) is 17.0. The van der Waals surface area contributed by atoms with Crippen LogP contribution in [0.1, 0.15) is 20.8 Å². The lowest BCUT2D eigenvalue weighted by molar-refractivity contribution is 0.102. The third-order valence-electron chi connectivity index (χ3n) is 3.88. The topological polar surface area (TPSA) is 72.7 Å². The van der Waals surface area contributed by atoms with E-state index >= 15 is 0 Å². The first-order chi connectivity index (χ1) is 13.2. The summed E-state index contributed by atoms with van der Waals surface area (Å²) < 4.78 is 14.6. The van der Waals surface area contributed by atoms with Crippen molar-refractivity contribution in [2.75, 3.05) is 5.32 Å². The summed E-state index contributed by atoms with van der Waals surface area (Å²) in [7, 11) is 0. The first-order valence-corrected chi connectivity index (χ1v) is 8.94. The van der Waals surface area contributed by atoms with E-state index in [-0.39, 0.29) is 11.7 Å². The van der Waals surface area contributed by atoms with Gasteiger partial charge in [-0.15, -0.1) is 11.3 Å². The van der Waals surface area contributed by atoms with Gasteiger partial charge in [-0.1, -0.05) is 12.1 Å². The van der Waals surface area contributed by atoms with Crippen LogP contribution in [0.3, 0.4) is 0 Å². The molecule has 4 aromatic rings. The summed E-state index contributed by atoms with van der Waals surface area (Å²) in [5.74, 6) is -0.492. The molecule has 0 bridgehead atoms. The fourth-order valence-electron chi connectivity index (χ4n) is 2.53. The summed E-state index contributed by atoms with van der Waals surface area (Å²) in [4.78, 5) is 21.5. The molecule has 2 aromatic heterocycles. The molecule has 1 amide bonds. The quantitative estimate of drug-likeness (QED) is 0.574. The number of aromatic nitrogens is 4. The zero-order valence-electron chi connectivity index (χ0n) is 14.0. The maximum Gasteiger partial charge on any atom is 0.257 e. The van der Waals surface area contributed by atoms with Crippen molar-refractivity contribution in [1.82, 2.24) is 19.7 Å². The Kier molecular flexibility index (Phi) is 4.71. The Morgan fingerprint density at radius 3 is 2.59 bits per heavy atom. The molecule has 4 rings (SSSR count). The number of amides is 1. The second kappa shape index (κ2) is 7.46. The molecule has 2 aromatic carbocycles. The van der Waals surface area contributed by atoms with Gasteiger partial charge in [0.05, 0.1) is 5.69 Å². The molecule has 2 heterocycles. The second-order valence-corrected chi connectivity index (χ2v) is 6.89. The van der Waals surface area contributed by atoms with Crippen LogP contribution in [0.2, 0.25) is 0 Å². The lowest BCUT2D eigenvalue weighted by Crippen LogP contribution is -2.11. The summed E-state index contributed by atoms with van der Waals surface area (Å²) >= 11 is 1.40. The minimum atomic E-state index is -0.258. The van der Waals surface area contributed by atoms with Gasteiger partial charge in [0.25, 0.3) is 5.91 Å². The van der Waals surface area contributed by atoms with Crippen molar-refractivity contribution < 1.29 is 9.18 Å². The minimum Gasteiger partial charge on any atom is -0.298 e. The molecule has 0 atom stereocenters. The largest absolute Gasteiger partial charge is 0.298 e. The molecule has 134 valence electrons. The molecule has 0 radical (unpaired) electrons. The lowest BCUT2D eigenvalue weighted by Gasteiger charge is -2.04. The third kappa shape index (κ3) is 4.06. The average Bonchev–Trinajstić information content (AvgIpc) is 3.36. The number of rotatable bonds is 5. The Morgan fingerprint density at radius 1 is 1.11 bits per heavy atom. The molecule has 27 heavy (non-hydrogen) atoms. The van der Waals surface area contributed by atoms with Gasteiger partial charge in [-0.05, 0) is 42.0 Å². The van der Waals surface area contributed by atoms with Gasteiger partial charge >= 0.3 is 0 Å². The first-order valence-electron chi connectivity index (χ1n) is 8.13. The summed E-state index contributed by atoms with van der Waals surface area (Å²) in [6, 6.07) is 13.4. The molecular formula is C19H14FN5OS. The summed E-state index contributed by atoms with van der Waals surface area (Å²) in [6.45, 7) is 0. The minimum absolute atomic E-state index is 0.233. The fourth-order valence-corrected chi connectivity index (χ4v) is 3.37. The van der Waals surface area contributed by atoms with Crippen LogP contribution in [0.5, 0.6) is 0 Å². The number of benzene rings is 2. The van der Waals surface area contributed by atoms with E-state index in [1.807, 2.05) is 0 Å². The van der Waals surface area contributed by atoms with Crippen LogP contribution in [0.25, 0.3) is 5.69 Å². The number of nitrogens with zero attached hydrogens (tertiary/aromatic N) is 4. The highest BCUT2D eigenvalue weighted by Crippen LogP contribution is 2.22. The molecule has 6 nitrogen and oxygen atoms in total. The van der Waals surface area contributed by atoms with Crippen LogP contribution in [-0.2, 0) is 6.42 Å². The Morgan fingerprint density at radius 2 is 1.89 bits per heavy atom. The maximum atomic E-state index is 13.0. The number of halogens is 1. The van der Waals surface area contributed by atoms with Crippen molar-refractivity contribution in [1.29, 1.82) is 0 Å². The predicted molar refractivity (Wildman–Crippen MR) is 101 cm³/mol. The van der Waals surface area contributed by atoms with E-state index in [1.54, 1.807) is 53.6 Å². The van der Waals surface area contributed by atoms with Crippen molar-refractivity contribution in [2.45, 2.75) is 6.42 Å². The smallest absolute Gasteiger partial charge is 0.257 e. The van der Waals surface area contributed by atoms with Gasteiger partial charge < -0.3 is 0 Å². The summed E-state index contributed by atoms with van der Waals surface area (Å²) in [6.07, 6.45) is 5.40. The molecule has 0 fully saturated rings. The number of anilines is 1. The molecule has 0 aliphatic rings. The number of hydrogen-bond donors (Lipinski definition) is 1. The van der Waals surface area contributed by atoms with E-state index in [1.165, 1.54) is 29.8 Å². The highest BCUT2D eigenvalue weighted by atomic mass is 32.1. The van der Waals surface area contributed by atoms with E-state index < -0.39 is 0 Å². The Hall–Kier alpha value is -3.39. The van der Waals surface area contributed by atoms with Crippen LogP contribution in [-0.4, -0.2) is 25.7 Å². The second-order valence-electron chi connectivity index (χ2n) is 5.78. The number of carbonyl (C=O) groups excluding carboxylic acids is 1. The monoisotopic (exact) mass is 379 g/mol. The van der Waals surface area contributed by atoms with E-state index in [0.717, 1.165) is 16.1 Å². The SMILES string of the molecule is O=C(Nc1ncc(Cc2ccc(F)cc2)s1)c1ccc(-n2cncn2)cc1. The van der Waals surface area contributed by atoms with Gasteiger partial charge in [0, 0.05) is 23.1 Å². The summed E-state index contributed by atoms with van der Waals surface area (Å²) in [5.41, 5.74) is 2.33. The fraction of sp³-hybridized carbons (Fsp3) is 0.0526. The van der Waals surface area contributed by atoms with Crippen LogP contribution < -0.4 is 5.32 Å². The van der Waals surface area contributed by atoms with Gasteiger partial charge in [0.15, 0.2) is 5.13 Å². The van der Waals surface area contributed by atoms with Crippen LogP contribution in [0.4, 0.5) is 9.52 Å². The highest BCUT2D eigenvalue weighted by molar-refractivity contribution is 7.15. The Labute approximate surface area is 158 Å². The average molecular weight is 379 g/mol. The maximum absolute atomic E-state index is 13.0. The molecule has 8 heteroatoms. The molecule has 0 unspecified atom stereocenters. The van der Waals surface area contributed by atoms with Crippen molar-refractivity contribution >= 4 is 22.4 Å². The zero-order chi connectivity index (χ0) is 18.6. The van der Waals surface area contributed by atoms with Crippen LogP contribution in [0, 0.1) is 5.82 Å². The number of carbonyl (C=O) groups is 1. The number of hydrogen-bond acceptors (Lipinski definition) is 5. The molecule has 0 aliphatic carbocycles. The highest BCUT2D eigenvalue weighted by Gasteiger charge is 2.10. The van der Waals surface area contributed by atoms with Crippen molar-refractivity contribution in [3.8, 4) is 5.69 Å². The molecule has 0 saturated heterocycles. The number of thiazole rings is 1. The van der Waals surface area contributed by atoms with Crippen LogP contribution in [0.15, 0.2) is 67.4 Å². The van der Waals surface area contributed by atoms with Gasteiger partial charge in [-0.3, -0.25) is 10.1 Å². The van der Waals surface area contributed by atoms with E-state index in [2.05, 4.69) is 20.4 Å². The normalized spacial score (nSPS) is 10.7. The number of nitrogens with one attached hydrogen (secondary N) is 1. The molecule has 1 N–H and O–H groups in total. The zero-order valence-corrected chi connectivity index (χ0v) is 14.9. The van der Waals surface area contributed by atoms with Crippen molar-refractivity contribution in [3.63, 3.8) is 0 Å². The van der Waals surface area contributed by atoms with Gasteiger partial charge in [-0.2, -0.15) is 5.10 Å². The standard InChI is InChI=1S/C19H14FN5OS/c20-15-5-1-13(2-6-15)9-17-10-22-19(27-17)24-18(26)14-3-7-16(8-4-14)25-12-21-11-23-25/h1-8,10-12H,9H2,(H,22,24,26). The summed E-state index contributed by atoms with van der Waals surface area (Å²) in [5, 5.41) is 7.37. The van der Waals surface area contributed by atoms with Crippen LogP contribution >= 0.6 is 11.3 Å². The van der Waals surface area contributed by atoms with E-state index in [4.69, 9.17) is 0 Å². The lowest BCUT2D eigenvalue weighted by atomic mass is 10.1. The van der Waals surface area contributed by atoms with E-state index in [9.17, 15) is 9.18 Å². The van der Waals surface area contributed by atoms with Crippen molar-refractivity contribution in [3.05, 3.63) is 89.2 Å². The van der Waals surface area contributed by atoms with E-state index in [0.29, 0.717) is 17.1 Å². The molecule has 0 aliphatic heterocycles. The molecular weight excluding hydrogens is 365 g/mol. The predicted octanol–water partition coefficient (Wildman–Crippen LogP) is 3.71.